The second kappa shape index (κ2) is 8.50. The van der Waals surface area contributed by atoms with Crippen molar-refractivity contribution >= 4 is 11.6 Å². The number of benzene rings is 2. The van der Waals surface area contributed by atoms with Gasteiger partial charge in [0.25, 0.3) is 12.3 Å². The number of aliphatic hydroxyl groups excluding tert-OH is 1. The molecule has 9 heteroatoms. The van der Waals surface area contributed by atoms with E-state index in [1.54, 1.807) is 31.2 Å². The van der Waals surface area contributed by atoms with Crippen molar-refractivity contribution in [1.29, 1.82) is 0 Å². The maximum absolute atomic E-state index is 13.4. The Morgan fingerprint density at radius 3 is 2.74 bits per heavy atom. The van der Waals surface area contributed by atoms with Crippen molar-refractivity contribution in [3.63, 3.8) is 0 Å². The largest absolute Gasteiger partial charge is 0.453 e. The molecule has 0 bridgehead atoms. The molecule has 4 rings (SSSR count). The number of amides is 1. The minimum atomic E-state index is -2.60. The van der Waals surface area contributed by atoms with Crippen molar-refractivity contribution in [2.75, 3.05) is 27.1 Å². The Kier molecular flexibility index (Phi) is 5.77. The number of ether oxygens (including phenoxy) is 2. The molecule has 1 N–H and O–H groups in total. The summed E-state index contributed by atoms with van der Waals surface area (Å²) < 4.78 is 37.9. The van der Waals surface area contributed by atoms with Gasteiger partial charge in [-0.2, -0.15) is 0 Å². The van der Waals surface area contributed by atoms with Crippen LogP contribution in [0.1, 0.15) is 34.3 Å². The first-order valence-corrected chi connectivity index (χ1v) is 9.77. The molecule has 2 aromatic carbocycles. The summed E-state index contributed by atoms with van der Waals surface area (Å²) in [5.41, 5.74) is 2.47. The third-order valence-electron chi connectivity index (χ3n) is 5.61. The molecule has 164 valence electrons. The molecule has 0 aromatic heterocycles. The van der Waals surface area contributed by atoms with Gasteiger partial charge in [0, 0.05) is 17.5 Å². The van der Waals surface area contributed by atoms with Gasteiger partial charge in [0.2, 0.25) is 6.79 Å². The van der Waals surface area contributed by atoms with Gasteiger partial charge in [-0.15, -0.1) is 0 Å². The number of halogens is 2. The van der Waals surface area contributed by atoms with Gasteiger partial charge in [-0.05, 0) is 30.2 Å². The number of fused-ring (bicyclic) bond motifs is 1. The highest BCUT2D eigenvalue weighted by Gasteiger charge is 2.36. The lowest BCUT2D eigenvalue weighted by molar-refractivity contribution is 0.0675. The van der Waals surface area contributed by atoms with Gasteiger partial charge in [-0.1, -0.05) is 23.4 Å². The van der Waals surface area contributed by atoms with Crippen molar-refractivity contribution in [2.24, 2.45) is 5.16 Å². The quantitative estimate of drug-likeness (QED) is 0.731. The van der Waals surface area contributed by atoms with E-state index >= 15 is 0 Å². The predicted molar refractivity (Wildman–Crippen MR) is 109 cm³/mol. The minimum absolute atomic E-state index is 0.0573. The van der Waals surface area contributed by atoms with E-state index in [1.807, 2.05) is 0 Å². The first-order valence-electron chi connectivity index (χ1n) is 9.77. The van der Waals surface area contributed by atoms with E-state index < -0.39 is 12.5 Å². The number of carbonyl (C=O) groups is 1. The molecule has 0 unspecified atom stereocenters. The summed E-state index contributed by atoms with van der Waals surface area (Å²) in [6, 6.07) is 7.53. The van der Waals surface area contributed by atoms with Gasteiger partial charge >= 0.3 is 0 Å². The average molecular weight is 432 g/mol. The van der Waals surface area contributed by atoms with E-state index in [-0.39, 0.29) is 42.7 Å². The van der Waals surface area contributed by atoms with E-state index in [1.165, 1.54) is 18.1 Å². The van der Waals surface area contributed by atoms with Crippen molar-refractivity contribution in [3.8, 4) is 22.6 Å². The Hall–Kier alpha value is -3.20. The van der Waals surface area contributed by atoms with Gasteiger partial charge in [-0.3, -0.25) is 4.79 Å². The first-order chi connectivity index (χ1) is 15.0. The lowest BCUT2D eigenvalue weighted by atomic mass is 9.94. The second-order valence-electron chi connectivity index (χ2n) is 7.36. The molecule has 0 saturated carbocycles. The summed E-state index contributed by atoms with van der Waals surface area (Å²) in [5.74, 6) is 0.260. The molecule has 1 fully saturated rings. The fourth-order valence-corrected chi connectivity index (χ4v) is 4.08. The van der Waals surface area contributed by atoms with E-state index in [4.69, 9.17) is 14.3 Å². The number of oxime groups is 1. The van der Waals surface area contributed by atoms with Crippen LogP contribution >= 0.6 is 0 Å². The number of carbonyl (C=O) groups excluding carboxylic acids is 1. The van der Waals surface area contributed by atoms with Crippen molar-refractivity contribution in [1.82, 2.24) is 4.90 Å². The van der Waals surface area contributed by atoms with Gasteiger partial charge in [0.05, 0.1) is 30.5 Å². The maximum atomic E-state index is 13.4. The second-order valence-corrected chi connectivity index (χ2v) is 7.36. The lowest BCUT2D eigenvalue weighted by Crippen LogP contribution is -2.38. The number of hydrogen-bond acceptors (Lipinski definition) is 6. The van der Waals surface area contributed by atoms with Crippen molar-refractivity contribution < 1.29 is 33.0 Å². The zero-order valence-electron chi connectivity index (χ0n) is 17.1. The fraction of sp³-hybridized carbons (Fsp3) is 0.364. The SMILES string of the molecule is CO/N=C1\C[C@@H](CO)N(C(=O)c2ccc(-c3cccc(C(F)F)c3C)c3c2OCO3)C1. The molecular weight excluding hydrogens is 410 g/mol. The zero-order chi connectivity index (χ0) is 22.1. The molecule has 1 amide bonds. The van der Waals surface area contributed by atoms with Crippen LogP contribution in [0.5, 0.6) is 11.5 Å². The summed E-state index contributed by atoms with van der Waals surface area (Å²) >= 11 is 0. The molecule has 7 nitrogen and oxygen atoms in total. The monoisotopic (exact) mass is 432 g/mol. The summed E-state index contributed by atoms with van der Waals surface area (Å²) in [7, 11) is 1.42. The number of nitrogens with zero attached hydrogens (tertiary/aromatic N) is 2. The number of likely N-dealkylation sites (tertiary alicyclic amines) is 1. The van der Waals surface area contributed by atoms with Crippen LogP contribution in [0, 0.1) is 6.92 Å². The Labute approximate surface area is 177 Å². The highest BCUT2D eigenvalue weighted by atomic mass is 19.3. The summed E-state index contributed by atoms with van der Waals surface area (Å²) in [4.78, 5) is 19.6. The molecule has 0 spiro atoms. The zero-order valence-corrected chi connectivity index (χ0v) is 17.1. The Bertz CT molecular complexity index is 1040. The van der Waals surface area contributed by atoms with Crippen molar-refractivity contribution in [3.05, 3.63) is 47.0 Å². The standard InChI is InChI=1S/C22H22F2N2O5/c1-12-15(4-3-5-16(12)21(23)24)17-6-7-18(20-19(17)30-11-31-20)22(28)26-9-13(25-29-2)8-14(26)10-27/h3-7,14,21,27H,8-11H2,1-2H3/b25-13+/t14-/m0/s1. The van der Waals surface area contributed by atoms with Gasteiger partial charge < -0.3 is 24.3 Å². The van der Waals surface area contributed by atoms with Gasteiger partial charge in [0.15, 0.2) is 11.5 Å². The normalized spacial score (nSPS) is 18.8. The van der Waals surface area contributed by atoms with E-state index in [0.717, 1.165) is 0 Å². The Morgan fingerprint density at radius 1 is 1.26 bits per heavy atom. The molecule has 2 aliphatic heterocycles. The topological polar surface area (TPSA) is 80.6 Å². The van der Waals surface area contributed by atoms with Crippen LogP contribution in [-0.4, -0.2) is 54.7 Å². The van der Waals surface area contributed by atoms with Gasteiger partial charge in [-0.25, -0.2) is 8.78 Å². The third-order valence-corrected chi connectivity index (χ3v) is 5.61. The van der Waals surface area contributed by atoms with Crippen LogP contribution in [0.4, 0.5) is 8.78 Å². The predicted octanol–water partition coefficient (Wildman–Crippen LogP) is 3.54. The number of aliphatic hydroxyl groups is 1. The fourth-order valence-electron chi connectivity index (χ4n) is 4.08. The minimum Gasteiger partial charge on any atom is -0.453 e. The van der Waals surface area contributed by atoms with Crippen LogP contribution in [0.3, 0.4) is 0 Å². The number of alkyl halides is 2. The molecular formula is C22H22F2N2O5. The summed E-state index contributed by atoms with van der Waals surface area (Å²) in [6.07, 6.45) is -2.19. The van der Waals surface area contributed by atoms with E-state index in [0.29, 0.717) is 34.6 Å². The lowest BCUT2D eigenvalue weighted by Gasteiger charge is -2.23. The highest BCUT2D eigenvalue weighted by molar-refractivity contribution is 6.03. The van der Waals surface area contributed by atoms with Crippen LogP contribution in [0.2, 0.25) is 0 Å². The number of hydrogen-bond donors (Lipinski definition) is 1. The van der Waals surface area contributed by atoms with Crippen LogP contribution in [0.15, 0.2) is 35.5 Å². The molecule has 31 heavy (non-hydrogen) atoms. The molecule has 2 aliphatic rings. The highest BCUT2D eigenvalue weighted by Crippen LogP contribution is 2.46. The Morgan fingerprint density at radius 2 is 2.03 bits per heavy atom. The van der Waals surface area contributed by atoms with E-state index in [9.17, 15) is 18.7 Å². The molecule has 0 aliphatic carbocycles. The van der Waals surface area contributed by atoms with E-state index in [2.05, 4.69) is 5.16 Å². The van der Waals surface area contributed by atoms with Crippen LogP contribution in [-0.2, 0) is 4.84 Å². The molecule has 1 atom stereocenters. The average Bonchev–Trinajstić information content (AvgIpc) is 3.40. The van der Waals surface area contributed by atoms with Crippen molar-refractivity contribution in [2.45, 2.75) is 25.8 Å². The summed E-state index contributed by atoms with van der Waals surface area (Å²) in [5, 5.41) is 13.6. The molecule has 0 radical (unpaired) electrons. The number of rotatable bonds is 5. The van der Waals surface area contributed by atoms with Crippen LogP contribution < -0.4 is 9.47 Å². The maximum Gasteiger partial charge on any atom is 0.264 e. The molecule has 1 saturated heterocycles. The molecule has 2 aromatic rings. The van der Waals surface area contributed by atoms with Crippen LogP contribution in [0.25, 0.3) is 11.1 Å². The Balaban J connectivity index is 1.74. The first kappa shape index (κ1) is 21.0. The molecule has 2 heterocycles. The smallest absolute Gasteiger partial charge is 0.264 e. The third kappa shape index (κ3) is 3.69. The summed E-state index contributed by atoms with van der Waals surface area (Å²) in [6.45, 7) is 1.56. The van der Waals surface area contributed by atoms with Gasteiger partial charge in [0.1, 0.15) is 7.11 Å².